The first-order valence-corrected chi connectivity index (χ1v) is 11.0. The van der Waals surface area contributed by atoms with E-state index in [1.165, 1.54) is 15.6 Å². The van der Waals surface area contributed by atoms with Gasteiger partial charge in [0.2, 0.25) is 5.91 Å². The van der Waals surface area contributed by atoms with Crippen LogP contribution in [-0.2, 0) is 21.4 Å². The predicted molar refractivity (Wildman–Crippen MR) is 104 cm³/mol. The minimum atomic E-state index is -3.51. The number of aryl methyl sites for hydroxylation is 2. The molecule has 1 saturated heterocycles. The van der Waals surface area contributed by atoms with Crippen LogP contribution in [0, 0.1) is 19.8 Å². The lowest BCUT2D eigenvalue weighted by molar-refractivity contribution is -0.126. The second-order valence-electron chi connectivity index (χ2n) is 6.71. The number of thiophene rings is 1. The quantitative estimate of drug-likeness (QED) is 0.850. The first-order chi connectivity index (χ1) is 12.4. The van der Waals surface area contributed by atoms with Gasteiger partial charge in [0.15, 0.2) is 0 Å². The third-order valence-electron chi connectivity index (χ3n) is 4.78. The second kappa shape index (κ2) is 7.90. The molecule has 1 aliphatic rings. The van der Waals surface area contributed by atoms with Crippen LogP contribution in [0.15, 0.2) is 40.6 Å². The number of hydrogen-bond donors (Lipinski definition) is 1. The zero-order chi connectivity index (χ0) is 18.7. The molecule has 0 bridgehead atoms. The van der Waals surface area contributed by atoms with Crippen LogP contribution < -0.4 is 5.32 Å². The zero-order valence-corrected chi connectivity index (χ0v) is 16.7. The Morgan fingerprint density at radius 2 is 2.00 bits per heavy atom. The van der Waals surface area contributed by atoms with E-state index in [4.69, 9.17) is 0 Å². The molecule has 140 valence electrons. The summed E-state index contributed by atoms with van der Waals surface area (Å²) in [5, 5.41) is 2.97. The molecule has 3 rings (SSSR count). The summed E-state index contributed by atoms with van der Waals surface area (Å²) in [6.07, 6.45) is 1.42. The van der Waals surface area contributed by atoms with E-state index in [1.807, 2.05) is 44.2 Å². The Bertz CT molecular complexity index is 890. The van der Waals surface area contributed by atoms with Gasteiger partial charge in [-0.3, -0.25) is 4.79 Å². The Kier molecular flexibility index (Phi) is 5.79. The molecular formula is C19H24N2O3S2. The van der Waals surface area contributed by atoms with Crippen LogP contribution in [-0.4, -0.2) is 31.7 Å². The maximum Gasteiger partial charge on any atom is 0.252 e. The van der Waals surface area contributed by atoms with Crippen molar-refractivity contribution in [2.45, 2.75) is 37.4 Å². The van der Waals surface area contributed by atoms with Crippen molar-refractivity contribution in [3.8, 4) is 0 Å². The average Bonchev–Trinajstić information content (AvgIpc) is 3.08. The average molecular weight is 393 g/mol. The van der Waals surface area contributed by atoms with Crippen molar-refractivity contribution < 1.29 is 13.2 Å². The topological polar surface area (TPSA) is 66.5 Å². The highest BCUT2D eigenvalue weighted by Gasteiger charge is 2.33. The summed E-state index contributed by atoms with van der Waals surface area (Å²) in [5.74, 6) is -0.376. The highest BCUT2D eigenvalue weighted by Crippen LogP contribution is 2.28. The van der Waals surface area contributed by atoms with Gasteiger partial charge >= 0.3 is 0 Å². The van der Waals surface area contributed by atoms with Gasteiger partial charge in [-0.05, 0) is 49.9 Å². The fraction of sp³-hybridized carbons (Fsp3) is 0.421. The molecule has 1 unspecified atom stereocenters. The van der Waals surface area contributed by atoms with Crippen molar-refractivity contribution in [3.05, 3.63) is 52.4 Å². The molecule has 1 N–H and O–H groups in total. The van der Waals surface area contributed by atoms with Gasteiger partial charge in [0.05, 0.1) is 5.92 Å². The highest BCUT2D eigenvalue weighted by molar-refractivity contribution is 7.91. The van der Waals surface area contributed by atoms with Gasteiger partial charge in [-0.25, -0.2) is 8.42 Å². The van der Waals surface area contributed by atoms with E-state index < -0.39 is 10.0 Å². The van der Waals surface area contributed by atoms with E-state index in [2.05, 4.69) is 5.32 Å². The molecule has 7 heteroatoms. The van der Waals surface area contributed by atoms with Crippen molar-refractivity contribution in [3.63, 3.8) is 0 Å². The number of carbonyl (C=O) groups excluding carboxylic acids is 1. The number of nitrogens with zero attached hydrogens (tertiary/aromatic N) is 1. The van der Waals surface area contributed by atoms with Crippen molar-refractivity contribution >= 4 is 27.3 Å². The molecule has 0 saturated carbocycles. The molecule has 1 atom stereocenters. The number of rotatable bonds is 5. The predicted octanol–water partition coefficient (Wildman–Crippen LogP) is 3.08. The number of nitrogens with one attached hydrogen (secondary N) is 1. The van der Waals surface area contributed by atoms with Gasteiger partial charge in [-0.15, -0.1) is 11.3 Å². The Hall–Kier alpha value is -1.70. The summed E-state index contributed by atoms with van der Waals surface area (Å²) in [4.78, 5) is 13.5. The number of benzene rings is 1. The van der Waals surface area contributed by atoms with Gasteiger partial charge in [0, 0.05) is 24.5 Å². The molecule has 1 aromatic carbocycles. The molecule has 2 aromatic rings. The standard InChI is InChI=1S/C19H24N2O3S2/c1-14-6-3-4-7-16(14)12-20-19(22)17-8-5-11-21(13-17)26(23,24)18-10-9-15(2)25-18/h3-4,6-7,9-10,17H,5,8,11-13H2,1-2H3,(H,20,22). The molecule has 0 spiro atoms. The minimum absolute atomic E-state index is 0.0736. The van der Waals surface area contributed by atoms with Crippen molar-refractivity contribution in [1.82, 2.24) is 9.62 Å². The lowest BCUT2D eigenvalue weighted by Gasteiger charge is -2.30. The highest BCUT2D eigenvalue weighted by atomic mass is 32.2. The fourth-order valence-electron chi connectivity index (χ4n) is 3.19. The van der Waals surface area contributed by atoms with E-state index in [1.54, 1.807) is 6.07 Å². The smallest absolute Gasteiger partial charge is 0.252 e. The van der Waals surface area contributed by atoms with Gasteiger partial charge in [0.25, 0.3) is 10.0 Å². The third kappa shape index (κ3) is 4.16. The molecule has 1 amide bonds. The molecule has 1 aromatic heterocycles. The van der Waals surface area contributed by atoms with E-state index in [9.17, 15) is 13.2 Å². The number of sulfonamides is 1. The van der Waals surface area contributed by atoms with Crippen LogP contribution in [0.4, 0.5) is 0 Å². The van der Waals surface area contributed by atoms with Gasteiger partial charge in [0.1, 0.15) is 4.21 Å². The zero-order valence-electron chi connectivity index (χ0n) is 15.1. The molecule has 1 fully saturated rings. The SMILES string of the molecule is Cc1ccc(S(=O)(=O)N2CCCC(C(=O)NCc3ccccc3C)C2)s1. The molecule has 2 heterocycles. The lowest BCUT2D eigenvalue weighted by atomic mass is 9.98. The van der Waals surface area contributed by atoms with Gasteiger partial charge in [-0.1, -0.05) is 24.3 Å². The normalized spacial score (nSPS) is 18.6. The summed E-state index contributed by atoms with van der Waals surface area (Å²) >= 11 is 1.28. The Morgan fingerprint density at radius 1 is 1.23 bits per heavy atom. The maximum atomic E-state index is 12.8. The summed E-state index contributed by atoms with van der Waals surface area (Å²) in [5.41, 5.74) is 2.21. The number of carbonyl (C=O) groups is 1. The van der Waals surface area contributed by atoms with Crippen LogP contribution in [0.2, 0.25) is 0 Å². The second-order valence-corrected chi connectivity index (χ2v) is 10.2. The Labute approximate surface area is 159 Å². The largest absolute Gasteiger partial charge is 0.352 e. The van der Waals surface area contributed by atoms with Crippen molar-refractivity contribution in [2.75, 3.05) is 13.1 Å². The molecule has 5 nitrogen and oxygen atoms in total. The van der Waals surface area contributed by atoms with E-state index in [0.717, 1.165) is 22.4 Å². The number of piperidine rings is 1. The fourth-order valence-corrected chi connectivity index (χ4v) is 6.15. The first-order valence-electron chi connectivity index (χ1n) is 8.77. The lowest BCUT2D eigenvalue weighted by Crippen LogP contribution is -2.45. The maximum absolute atomic E-state index is 12.8. The molecule has 26 heavy (non-hydrogen) atoms. The van der Waals surface area contributed by atoms with Crippen LogP contribution in [0.1, 0.15) is 28.8 Å². The summed E-state index contributed by atoms with van der Waals surface area (Å²) in [7, 11) is -3.51. The molecule has 0 aliphatic carbocycles. The molecule has 1 aliphatic heterocycles. The van der Waals surface area contributed by atoms with Gasteiger partial charge in [-0.2, -0.15) is 4.31 Å². The van der Waals surface area contributed by atoms with Crippen LogP contribution >= 0.6 is 11.3 Å². The summed E-state index contributed by atoms with van der Waals surface area (Å²) < 4.78 is 27.4. The Morgan fingerprint density at radius 3 is 2.69 bits per heavy atom. The number of amides is 1. The first kappa shape index (κ1) is 19.1. The van der Waals surface area contributed by atoms with E-state index in [0.29, 0.717) is 23.7 Å². The third-order valence-corrected chi connectivity index (χ3v) is 8.11. The minimum Gasteiger partial charge on any atom is -0.352 e. The van der Waals surface area contributed by atoms with Crippen molar-refractivity contribution in [2.24, 2.45) is 5.92 Å². The summed E-state index contributed by atoms with van der Waals surface area (Å²) in [6, 6.07) is 11.4. The van der Waals surface area contributed by atoms with E-state index in [-0.39, 0.29) is 18.4 Å². The van der Waals surface area contributed by atoms with Crippen LogP contribution in [0.5, 0.6) is 0 Å². The Balaban J connectivity index is 1.64. The monoisotopic (exact) mass is 392 g/mol. The van der Waals surface area contributed by atoms with Crippen LogP contribution in [0.25, 0.3) is 0 Å². The van der Waals surface area contributed by atoms with E-state index >= 15 is 0 Å². The van der Waals surface area contributed by atoms with Gasteiger partial charge < -0.3 is 5.32 Å². The van der Waals surface area contributed by atoms with Crippen molar-refractivity contribution in [1.29, 1.82) is 0 Å². The summed E-state index contributed by atoms with van der Waals surface area (Å²) in [6.45, 7) is 5.10. The van der Waals surface area contributed by atoms with Crippen LogP contribution in [0.3, 0.4) is 0 Å². The molecular weight excluding hydrogens is 368 g/mol. The molecule has 0 radical (unpaired) electrons. The number of hydrogen-bond acceptors (Lipinski definition) is 4.